The van der Waals surface area contributed by atoms with Gasteiger partial charge in [-0.05, 0) is 44.9 Å². The van der Waals surface area contributed by atoms with Crippen molar-refractivity contribution in [1.29, 1.82) is 0 Å². The van der Waals surface area contributed by atoms with E-state index in [2.05, 4.69) is 10.3 Å². The SMILES string of the molecule is CC1=CCC(O)C(Cn2c(NCC3COC(C)(C)O3)nc3cc(CO)ccc32)=N1. The highest BCUT2D eigenvalue weighted by atomic mass is 16.7. The molecule has 1 aromatic carbocycles. The van der Waals surface area contributed by atoms with Gasteiger partial charge >= 0.3 is 0 Å². The molecule has 2 aliphatic rings. The maximum absolute atomic E-state index is 10.4. The van der Waals surface area contributed by atoms with E-state index in [1.54, 1.807) is 0 Å². The van der Waals surface area contributed by atoms with Crippen molar-refractivity contribution in [1.82, 2.24) is 9.55 Å². The third-order valence-electron chi connectivity index (χ3n) is 5.21. The smallest absolute Gasteiger partial charge is 0.204 e. The first-order chi connectivity index (χ1) is 13.8. The predicted octanol–water partition coefficient (Wildman–Crippen LogP) is 2.20. The summed E-state index contributed by atoms with van der Waals surface area (Å²) in [6.45, 7) is 7.19. The van der Waals surface area contributed by atoms with Gasteiger partial charge in [-0.1, -0.05) is 12.1 Å². The highest BCUT2D eigenvalue weighted by Gasteiger charge is 2.32. The maximum Gasteiger partial charge on any atom is 0.204 e. The highest BCUT2D eigenvalue weighted by molar-refractivity contribution is 5.92. The number of aliphatic hydroxyl groups is 2. The number of imidazole rings is 1. The van der Waals surface area contributed by atoms with E-state index in [9.17, 15) is 10.2 Å². The lowest BCUT2D eigenvalue weighted by atomic mass is 10.1. The number of aliphatic hydroxyl groups excluding tert-OH is 2. The van der Waals surface area contributed by atoms with Gasteiger partial charge in [-0.15, -0.1) is 0 Å². The number of allylic oxidation sites excluding steroid dienone is 1. The van der Waals surface area contributed by atoms with Crippen LogP contribution in [0.5, 0.6) is 0 Å². The van der Waals surface area contributed by atoms with Crippen LogP contribution in [-0.2, 0) is 22.6 Å². The van der Waals surface area contributed by atoms with Gasteiger partial charge < -0.3 is 29.6 Å². The van der Waals surface area contributed by atoms with E-state index < -0.39 is 11.9 Å². The second-order valence-corrected chi connectivity index (χ2v) is 8.03. The standard InChI is InChI=1S/C21H28N4O4/c1-13-4-7-19(27)17(23-13)10-25-18-6-5-14(11-26)8-16(18)24-20(25)22-9-15-12-28-21(2,3)29-15/h4-6,8,15,19,26-27H,7,9-12H2,1-3H3,(H,22,24). The number of ether oxygens (including phenoxy) is 2. The van der Waals surface area contributed by atoms with Crippen LogP contribution in [0.2, 0.25) is 0 Å². The van der Waals surface area contributed by atoms with Crippen LogP contribution in [0.4, 0.5) is 5.95 Å². The van der Waals surface area contributed by atoms with E-state index in [4.69, 9.17) is 14.5 Å². The molecule has 0 spiro atoms. The number of aromatic nitrogens is 2. The Morgan fingerprint density at radius 3 is 2.90 bits per heavy atom. The number of rotatable bonds is 6. The molecule has 0 amide bonds. The van der Waals surface area contributed by atoms with Gasteiger partial charge in [-0.25, -0.2) is 4.98 Å². The molecule has 0 saturated carbocycles. The average molecular weight is 400 g/mol. The van der Waals surface area contributed by atoms with Crippen molar-refractivity contribution >= 4 is 22.7 Å². The summed E-state index contributed by atoms with van der Waals surface area (Å²) in [5.41, 5.74) is 4.11. The molecule has 0 radical (unpaired) electrons. The van der Waals surface area contributed by atoms with E-state index in [-0.39, 0.29) is 12.7 Å². The quantitative estimate of drug-likeness (QED) is 0.687. The lowest BCUT2D eigenvalue weighted by molar-refractivity contribution is -0.136. The van der Waals surface area contributed by atoms with Gasteiger partial charge in [0.1, 0.15) is 6.10 Å². The maximum atomic E-state index is 10.4. The monoisotopic (exact) mass is 400 g/mol. The molecule has 2 atom stereocenters. The molecule has 1 saturated heterocycles. The fourth-order valence-corrected chi connectivity index (χ4v) is 3.71. The predicted molar refractivity (Wildman–Crippen MR) is 111 cm³/mol. The Morgan fingerprint density at radius 2 is 2.17 bits per heavy atom. The number of benzene rings is 1. The summed E-state index contributed by atoms with van der Waals surface area (Å²) < 4.78 is 13.5. The molecule has 2 unspecified atom stereocenters. The summed E-state index contributed by atoms with van der Waals surface area (Å²) in [6.07, 6.45) is 1.82. The Bertz CT molecular complexity index is 963. The van der Waals surface area contributed by atoms with Gasteiger partial charge in [0.25, 0.3) is 0 Å². The fraction of sp³-hybridized carbons (Fsp3) is 0.524. The first-order valence-electron chi connectivity index (χ1n) is 9.92. The van der Waals surface area contributed by atoms with Crippen LogP contribution in [0.15, 0.2) is 35.0 Å². The van der Waals surface area contributed by atoms with Crippen LogP contribution < -0.4 is 5.32 Å². The van der Waals surface area contributed by atoms with Crippen LogP contribution in [0.1, 0.15) is 32.8 Å². The van der Waals surface area contributed by atoms with Crippen molar-refractivity contribution in [2.45, 2.75) is 58.3 Å². The zero-order valence-corrected chi connectivity index (χ0v) is 17.1. The number of fused-ring (bicyclic) bond motifs is 1. The highest BCUT2D eigenvalue weighted by Crippen LogP contribution is 2.25. The Kier molecular flexibility index (Phi) is 5.44. The summed E-state index contributed by atoms with van der Waals surface area (Å²) in [6, 6.07) is 5.69. The minimum Gasteiger partial charge on any atom is -0.392 e. The molecule has 0 aliphatic carbocycles. The van der Waals surface area contributed by atoms with E-state index in [1.807, 2.05) is 49.6 Å². The van der Waals surface area contributed by atoms with Gasteiger partial charge in [0, 0.05) is 12.2 Å². The molecule has 4 rings (SSSR count). The summed E-state index contributed by atoms with van der Waals surface area (Å²) in [4.78, 5) is 9.26. The van der Waals surface area contributed by atoms with Crippen LogP contribution >= 0.6 is 0 Å². The molecular formula is C21H28N4O4. The molecule has 1 aromatic heterocycles. The minimum absolute atomic E-state index is 0.0384. The number of hydrogen-bond donors (Lipinski definition) is 3. The topological polar surface area (TPSA) is 101 Å². The summed E-state index contributed by atoms with van der Waals surface area (Å²) in [5.74, 6) is 0.0957. The van der Waals surface area contributed by atoms with Gasteiger partial charge in [0.05, 0.1) is 42.6 Å². The normalized spacial score (nSPS) is 23.9. The number of hydrogen-bond acceptors (Lipinski definition) is 7. The molecule has 156 valence electrons. The molecule has 3 N–H and O–H groups in total. The minimum atomic E-state index is -0.604. The molecule has 8 nitrogen and oxygen atoms in total. The molecule has 1 fully saturated rings. The molecule has 2 aliphatic heterocycles. The van der Waals surface area contributed by atoms with Gasteiger partial charge in [0.2, 0.25) is 5.95 Å². The second kappa shape index (κ2) is 7.87. The Hall–Kier alpha value is -2.26. The molecule has 29 heavy (non-hydrogen) atoms. The first kappa shape index (κ1) is 20.0. The Morgan fingerprint density at radius 1 is 1.34 bits per heavy atom. The number of anilines is 1. The average Bonchev–Trinajstić information content (AvgIpc) is 3.21. The molecule has 8 heteroatoms. The third-order valence-corrected chi connectivity index (χ3v) is 5.21. The van der Waals surface area contributed by atoms with Crippen molar-refractivity contribution in [2.75, 3.05) is 18.5 Å². The number of nitrogens with one attached hydrogen (secondary N) is 1. The van der Waals surface area contributed by atoms with Crippen molar-refractivity contribution in [2.24, 2.45) is 4.99 Å². The zero-order chi connectivity index (χ0) is 20.6. The van der Waals surface area contributed by atoms with Gasteiger partial charge in [0.15, 0.2) is 5.79 Å². The van der Waals surface area contributed by atoms with Gasteiger partial charge in [-0.2, -0.15) is 0 Å². The summed E-state index contributed by atoms with van der Waals surface area (Å²) in [7, 11) is 0. The lowest BCUT2D eigenvalue weighted by Crippen LogP contribution is -2.29. The van der Waals surface area contributed by atoms with E-state index in [0.717, 1.165) is 22.3 Å². The second-order valence-electron chi connectivity index (χ2n) is 8.03. The van der Waals surface area contributed by atoms with E-state index in [1.165, 1.54) is 0 Å². The van der Waals surface area contributed by atoms with Crippen LogP contribution in [0, 0.1) is 0 Å². The van der Waals surface area contributed by atoms with Crippen LogP contribution in [-0.4, -0.2) is 56.6 Å². The van der Waals surface area contributed by atoms with Crippen LogP contribution in [0.3, 0.4) is 0 Å². The summed E-state index contributed by atoms with van der Waals surface area (Å²) >= 11 is 0. The largest absolute Gasteiger partial charge is 0.392 e. The van der Waals surface area contributed by atoms with Crippen LogP contribution in [0.25, 0.3) is 11.0 Å². The van der Waals surface area contributed by atoms with Gasteiger partial charge in [-0.3, -0.25) is 4.99 Å². The van der Waals surface area contributed by atoms with Crippen molar-refractivity contribution in [3.63, 3.8) is 0 Å². The Balaban J connectivity index is 1.63. The van der Waals surface area contributed by atoms with Crippen molar-refractivity contribution in [3.8, 4) is 0 Å². The Labute approximate surface area is 169 Å². The van der Waals surface area contributed by atoms with E-state index in [0.29, 0.717) is 37.8 Å². The number of nitrogens with zero attached hydrogens (tertiary/aromatic N) is 3. The molecule has 0 bridgehead atoms. The van der Waals surface area contributed by atoms with E-state index >= 15 is 0 Å². The first-order valence-corrected chi connectivity index (χ1v) is 9.92. The zero-order valence-electron chi connectivity index (χ0n) is 17.1. The molecule has 2 aromatic rings. The fourth-order valence-electron chi connectivity index (χ4n) is 3.71. The molecular weight excluding hydrogens is 372 g/mol. The van der Waals surface area contributed by atoms with Crippen molar-refractivity contribution in [3.05, 3.63) is 35.5 Å². The number of aliphatic imine (C=N–C) groups is 1. The summed E-state index contributed by atoms with van der Waals surface area (Å²) in [5, 5.41) is 23.2. The van der Waals surface area contributed by atoms with Crippen molar-refractivity contribution < 1.29 is 19.7 Å². The molecule has 3 heterocycles. The third kappa shape index (κ3) is 4.35. The lowest BCUT2D eigenvalue weighted by Gasteiger charge is -2.20.